The Labute approximate surface area is 101 Å². The summed E-state index contributed by atoms with van der Waals surface area (Å²) < 4.78 is 0. The molecule has 0 bridgehead atoms. The molecule has 92 valence electrons. The molecule has 2 rings (SSSR count). The number of benzene rings is 1. The molecule has 1 aliphatic heterocycles. The van der Waals surface area contributed by atoms with E-state index in [0.717, 1.165) is 11.3 Å². The summed E-state index contributed by atoms with van der Waals surface area (Å²) in [6, 6.07) is 3.74. The Morgan fingerprint density at radius 1 is 1.29 bits per heavy atom. The number of nitrogens with two attached hydrogens (primary N) is 2. The molecule has 0 amide bonds. The van der Waals surface area contributed by atoms with Crippen LogP contribution in [0.2, 0.25) is 0 Å². The third kappa shape index (κ3) is 1.93. The summed E-state index contributed by atoms with van der Waals surface area (Å²) >= 11 is 0. The van der Waals surface area contributed by atoms with Crippen LogP contribution in [-0.2, 0) is 5.41 Å². The number of guanidine groups is 1. The number of aliphatic hydroxyl groups is 1. The second-order valence-electron chi connectivity index (χ2n) is 5.25. The van der Waals surface area contributed by atoms with Gasteiger partial charge in [0.2, 0.25) is 0 Å². The molecule has 1 heterocycles. The minimum Gasteiger partial charge on any atom is -0.398 e. The zero-order valence-electron chi connectivity index (χ0n) is 10.3. The second kappa shape index (κ2) is 3.63. The van der Waals surface area contributed by atoms with Crippen molar-refractivity contribution in [2.45, 2.75) is 32.4 Å². The van der Waals surface area contributed by atoms with E-state index < -0.39 is 6.23 Å². The van der Waals surface area contributed by atoms with Crippen LogP contribution in [0, 0.1) is 0 Å². The van der Waals surface area contributed by atoms with Gasteiger partial charge in [0.15, 0.2) is 12.2 Å². The summed E-state index contributed by atoms with van der Waals surface area (Å²) in [5, 5.41) is 12.9. The first-order valence-electron chi connectivity index (χ1n) is 5.52. The lowest BCUT2D eigenvalue weighted by Crippen LogP contribution is -2.31. The van der Waals surface area contributed by atoms with Crippen molar-refractivity contribution in [2.75, 3.05) is 11.1 Å². The van der Waals surface area contributed by atoms with E-state index in [1.165, 1.54) is 0 Å². The van der Waals surface area contributed by atoms with Crippen molar-refractivity contribution < 1.29 is 5.11 Å². The summed E-state index contributed by atoms with van der Waals surface area (Å²) in [4.78, 5) is 3.87. The van der Waals surface area contributed by atoms with Crippen LogP contribution in [0.15, 0.2) is 17.1 Å². The molecule has 0 saturated heterocycles. The molecule has 0 aromatic heterocycles. The highest BCUT2D eigenvalue weighted by molar-refractivity contribution is 5.97. The van der Waals surface area contributed by atoms with Crippen LogP contribution in [0.25, 0.3) is 0 Å². The predicted octanol–water partition coefficient (Wildman–Crippen LogP) is 1.30. The van der Waals surface area contributed by atoms with Gasteiger partial charge in [0, 0.05) is 11.3 Å². The van der Waals surface area contributed by atoms with Crippen molar-refractivity contribution in [3.8, 4) is 0 Å². The lowest BCUT2D eigenvalue weighted by atomic mass is 9.83. The van der Waals surface area contributed by atoms with Gasteiger partial charge >= 0.3 is 0 Å². The van der Waals surface area contributed by atoms with Gasteiger partial charge in [-0.3, -0.25) is 0 Å². The first-order valence-corrected chi connectivity index (χ1v) is 5.52. The van der Waals surface area contributed by atoms with Gasteiger partial charge in [0.1, 0.15) is 0 Å². The number of nitrogens with one attached hydrogen (secondary N) is 1. The molecule has 1 unspecified atom stereocenters. The van der Waals surface area contributed by atoms with E-state index >= 15 is 0 Å². The molecule has 5 heteroatoms. The largest absolute Gasteiger partial charge is 0.398 e. The molecule has 0 aliphatic carbocycles. The van der Waals surface area contributed by atoms with E-state index in [2.05, 4.69) is 31.1 Å². The molecule has 1 aromatic rings. The smallest absolute Gasteiger partial charge is 0.196 e. The maximum Gasteiger partial charge on any atom is 0.196 e. The van der Waals surface area contributed by atoms with Crippen LogP contribution in [0.5, 0.6) is 0 Å². The van der Waals surface area contributed by atoms with Gasteiger partial charge in [0.25, 0.3) is 0 Å². The van der Waals surface area contributed by atoms with Gasteiger partial charge in [-0.2, -0.15) is 0 Å². The predicted molar refractivity (Wildman–Crippen MR) is 69.8 cm³/mol. The van der Waals surface area contributed by atoms with E-state index in [1.807, 2.05) is 6.07 Å². The van der Waals surface area contributed by atoms with Crippen LogP contribution in [0.4, 0.5) is 11.4 Å². The Hall–Kier alpha value is -1.75. The number of nitrogens with zero attached hydrogens (tertiary/aromatic N) is 1. The Morgan fingerprint density at radius 3 is 2.53 bits per heavy atom. The molecule has 1 aliphatic rings. The van der Waals surface area contributed by atoms with Crippen molar-refractivity contribution in [3.63, 3.8) is 0 Å². The average molecular weight is 234 g/mol. The van der Waals surface area contributed by atoms with Crippen LogP contribution in [0.3, 0.4) is 0 Å². The van der Waals surface area contributed by atoms with Crippen molar-refractivity contribution >= 4 is 17.3 Å². The van der Waals surface area contributed by atoms with Crippen LogP contribution in [0.1, 0.15) is 38.1 Å². The fraction of sp³-hybridized carbons (Fsp3) is 0.417. The van der Waals surface area contributed by atoms with Gasteiger partial charge in [-0.15, -0.1) is 0 Å². The highest BCUT2D eigenvalue weighted by Gasteiger charge is 2.27. The molecule has 1 atom stereocenters. The number of nitrogen functional groups attached to an aromatic ring is 1. The zero-order valence-corrected chi connectivity index (χ0v) is 10.3. The summed E-state index contributed by atoms with van der Waals surface area (Å²) in [5.74, 6) is 0.209. The highest BCUT2D eigenvalue weighted by Crippen LogP contribution is 2.40. The quantitative estimate of drug-likeness (QED) is 0.509. The van der Waals surface area contributed by atoms with Crippen molar-refractivity contribution in [3.05, 3.63) is 23.3 Å². The zero-order chi connectivity index (χ0) is 12.8. The van der Waals surface area contributed by atoms with Gasteiger partial charge in [-0.25, -0.2) is 4.99 Å². The number of rotatable bonds is 0. The molecule has 0 radical (unpaired) electrons. The molecular formula is C12H18N4O. The number of hydrogen-bond donors (Lipinski definition) is 4. The molecule has 6 N–H and O–H groups in total. The maximum absolute atomic E-state index is 9.92. The molecule has 0 spiro atoms. The number of anilines is 2. The maximum atomic E-state index is 9.92. The Balaban J connectivity index is 2.67. The van der Waals surface area contributed by atoms with Gasteiger partial charge in [-0.05, 0) is 17.0 Å². The number of aliphatic hydroxyl groups excluding tert-OH is 1. The summed E-state index contributed by atoms with van der Waals surface area (Å²) in [5.41, 5.74) is 14.4. The molecule has 0 fully saturated rings. The topological polar surface area (TPSA) is 96.7 Å². The first-order chi connectivity index (χ1) is 7.80. The third-order valence-electron chi connectivity index (χ3n) is 2.86. The van der Waals surface area contributed by atoms with Crippen LogP contribution < -0.4 is 16.8 Å². The van der Waals surface area contributed by atoms with E-state index in [0.29, 0.717) is 11.3 Å². The standard InChI is InChI=1S/C12H18N4O/c1-12(2,3)6-4-5-7(13)8-9(6)15-11(14)16-10(8)17/h4-5,10,17H,13H2,1-3H3,(H3,14,15,16). The first kappa shape index (κ1) is 11.7. The molecular weight excluding hydrogens is 216 g/mol. The molecule has 0 saturated carbocycles. The minimum atomic E-state index is -0.992. The van der Waals surface area contributed by atoms with Gasteiger partial charge in [0.05, 0.1) is 5.69 Å². The second-order valence-corrected chi connectivity index (χ2v) is 5.25. The number of fused-ring (bicyclic) bond motifs is 1. The monoisotopic (exact) mass is 234 g/mol. The Kier molecular flexibility index (Phi) is 2.50. The van der Waals surface area contributed by atoms with Crippen LogP contribution in [-0.4, -0.2) is 11.1 Å². The third-order valence-corrected chi connectivity index (χ3v) is 2.86. The Morgan fingerprint density at radius 2 is 1.94 bits per heavy atom. The summed E-state index contributed by atoms with van der Waals surface area (Å²) in [7, 11) is 0. The van der Waals surface area contributed by atoms with E-state index in [9.17, 15) is 5.11 Å². The minimum absolute atomic E-state index is 0.0673. The highest BCUT2D eigenvalue weighted by atomic mass is 16.3. The van der Waals surface area contributed by atoms with Gasteiger partial charge in [-0.1, -0.05) is 26.8 Å². The van der Waals surface area contributed by atoms with Gasteiger partial charge < -0.3 is 21.9 Å². The van der Waals surface area contributed by atoms with E-state index in [-0.39, 0.29) is 11.4 Å². The average Bonchev–Trinajstić information content (AvgIpc) is 2.14. The molecule has 5 nitrogen and oxygen atoms in total. The van der Waals surface area contributed by atoms with Crippen LogP contribution >= 0.6 is 0 Å². The number of hydrogen-bond acceptors (Lipinski definition) is 5. The fourth-order valence-corrected chi connectivity index (χ4v) is 2.03. The number of aliphatic imine (C=N–C) groups is 1. The van der Waals surface area contributed by atoms with Crippen molar-refractivity contribution in [2.24, 2.45) is 10.7 Å². The SMILES string of the molecule is CC(C)(C)c1ccc(N)c2c1NC(N)=NC2O. The van der Waals surface area contributed by atoms with Crippen molar-refractivity contribution in [1.82, 2.24) is 0 Å². The van der Waals surface area contributed by atoms with E-state index in [4.69, 9.17) is 11.5 Å². The van der Waals surface area contributed by atoms with E-state index in [1.54, 1.807) is 6.07 Å². The summed E-state index contributed by atoms with van der Waals surface area (Å²) in [6.45, 7) is 6.28. The molecule has 1 aromatic carbocycles. The van der Waals surface area contributed by atoms with Crippen molar-refractivity contribution in [1.29, 1.82) is 0 Å². The normalized spacial score (nSPS) is 19.3. The Bertz CT molecular complexity index is 488. The lowest BCUT2D eigenvalue weighted by molar-refractivity contribution is 0.188. The lowest BCUT2D eigenvalue weighted by Gasteiger charge is -2.29. The fourth-order valence-electron chi connectivity index (χ4n) is 2.03. The molecule has 17 heavy (non-hydrogen) atoms. The summed E-state index contributed by atoms with van der Waals surface area (Å²) in [6.07, 6.45) is -0.992.